The summed E-state index contributed by atoms with van der Waals surface area (Å²) in [6.45, 7) is 1.98. The van der Waals surface area contributed by atoms with Crippen molar-refractivity contribution in [2.45, 2.75) is 36.6 Å². The number of nitrogens with zero attached hydrogens (tertiary/aromatic N) is 3. The topological polar surface area (TPSA) is 107 Å². The molecule has 3 fully saturated rings. The van der Waals surface area contributed by atoms with E-state index in [2.05, 4.69) is 5.32 Å². The minimum absolute atomic E-state index is 0.0324. The molecular weight excluding hydrogens is 396 g/mol. The Hall–Kier alpha value is -2.46. The molecule has 0 aliphatic carbocycles. The lowest BCUT2D eigenvalue weighted by molar-refractivity contribution is -0.127. The molecule has 0 bridgehead atoms. The van der Waals surface area contributed by atoms with E-state index in [1.54, 1.807) is 17.0 Å². The zero-order chi connectivity index (χ0) is 20.6. The average molecular weight is 420 g/mol. The highest BCUT2D eigenvalue weighted by Crippen LogP contribution is 2.23. The van der Waals surface area contributed by atoms with Gasteiger partial charge in [-0.05, 0) is 49.9 Å². The van der Waals surface area contributed by atoms with E-state index in [9.17, 15) is 22.8 Å². The van der Waals surface area contributed by atoms with Gasteiger partial charge in [-0.1, -0.05) is 0 Å². The number of piperidine rings is 1. The predicted molar refractivity (Wildman–Crippen MR) is 104 cm³/mol. The second-order valence-corrected chi connectivity index (χ2v) is 9.52. The number of amides is 4. The molecule has 4 rings (SSSR count). The summed E-state index contributed by atoms with van der Waals surface area (Å²) in [5, 5.41) is 2.52. The normalized spacial score (nSPS) is 21.7. The van der Waals surface area contributed by atoms with Gasteiger partial charge in [-0.25, -0.2) is 13.2 Å². The standard InChI is InChI=1S/C19H24N4O5S/c24-17-13-20-19(26)23(17)15-7-11-21(12-8-15)18(25)14-3-5-16(6-4-14)29(27,28)22-9-1-2-10-22/h3-6,15H,1-2,7-13H2,(H,20,26). The summed E-state index contributed by atoms with van der Waals surface area (Å²) in [6, 6.07) is 5.52. The highest BCUT2D eigenvalue weighted by atomic mass is 32.2. The number of sulfonamides is 1. The van der Waals surface area contributed by atoms with Gasteiger partial charge in [0.15, 0.2) is 0 Å². The molecule has 1 aromatic rings. The van der Waals surface area contributed by atoms with Crippen LogP contribution in [-0.4, -0.2) is 79.1 Å². The molecule has 156 valence electrons. The van der Waals surface area contributed by atoms with Gasteiger partial charge in [-0.3, -0.25) is 14.5 Å². The Bertz CT molecular complexity index is 900. The van der Waals surface area contributed by atoms with Crippen molar-refractivity contribution in [3.05, 3.63) is 29.8 Å². The van der Waals surface area contributed by atoms with Crippen LogP contribution in [0.1, 0.15) is 36.0 Å². The van der Waals surface area contributed by atoms with Crippen LogP contribution in [0.3, 0.4) is 0 Å². The van der Waals surface area contributed by atoms with Crippen LogP contribution in [0, 0.1) is 0 Å². The molecule has 1 N–H and O–H groups in total. The molecule has 3 aliphatic rings. The van der Waals surface area contributed by atoms with E-state index in [0.29, 0.717) is 44.6 Å². The molecule has 0 atom stereocenters. The number of benzene rings is 1. The van der Waals surface area contributed by atoms with E-state index in [4.69, 9.17) is 0 Å². The first-order valence-electron chi connectivity index (χ1n) is 9.87. The van der Waals surface area contributed by atoms with Crippen molar-refractivity contribution in [3.8, 4) is 0 Å². The molecule has 3 aliphatic heterocycles. The van der Waals surface area contributed by atoms with Crippen LogP contribution in [0.2, 0.25) is 0 Å². The SMILES string of the molecule is O=C(c1ccc(S(=O)(=O)N2CCCC2)cc1)N1CCC(N2C(=O)CNC2=O)CC1. The summed E-state index contributed by atoms with van der Waals surface area (Å²) >= 11 is 0. The van der Waals surface area contributed by atoms with Crippen molar-refractivity contribution in [2.24, 2.45) is 0 Å². The second kappa shape index (κ2) is 7.75. The van der Waals surface area contributed by atoms with E-state index < -0.39 is 10.0 Å². The molecule has 0 radical (unpaired) electrons. The van der Waals surface area contributed by atoms with Crippen LogP contribution >= 0.6 is 0 Å². The Morgan fingerprint density at radius 1 is 0.966 bits per heavy atom. The lowest BCUT2D eigenvalue weighted by Gasteiger charge is -2.35. The molecule has 0 unspecified atom stereocenters. The van der Waals surface area contributed by atoms with E-state index >= 15 is 0 Å². The summed E-state index contributed by atoms with van der Waals surface area (Å²) in [5.41, 5.74) is 0.429. The Kier molecular flexibility index (Phi) is 5.30. The predicted octanol–water partition coefficient (Wildman–Crippen LogP) is 0.628. The van der Waals surface area contributed by atoms with E-state index in [1.807, 2.05) is 0 Å². The van der Waals surface area contributed by atoms with Crippen LogP contribution in [0.15, 0.2) is 29.2 Å². The smallest absolute Gasteiger partial charge is 0.324 e. The third kappa shape index (κ3) is 3.74. The van der Waals surface area contributed by atoms with Crippen molar-refractivity contribution in [2.75, 3.05) is 32.7 Å². The summed E-state index contributed by atoms with van der Waals surface area (Å²) in [6.07, 6.45) is 2.81. The number of likely N-dealkylation sites (tertiary alicyclic amines) is 1. The Balaban J connectivity index is 1.39. The van der Waals surface area contributed by atoms with Crippen molar-refractivity contribution in [1.29, 1.82) is 0 Å². The first-order valence-corrected chi connectivity index (χ1v) is 11.3. The number of imide groups is 1. The lowest BCUT2D eigenvalue weighted by Crippen LogP contribution is -2.49. The van der Waals surface area contributed by atoms with Gasteiger partial charge in [0, 0.05) is 37.8 Å². The molecule has 4 amide bonds. The van der Waals surface area contributed by atoms with Crippen LogP contribution in [-0.2, 0) is 14.8 Å². The number of hydrogen-bond acceptors (Lipinski definition) is 5. The molecule has 3 saturated heterocycles. The summed E-state index contributed by atoms with van der Waals surface area (Å²) in [4.78, 5) is 39.6. The zero-order valence-corrected chi connectivity index (χ0v) is 16.9. The fraction of sp³-hybridized carbons (Fsp3) is 0.526. The number of rotatable bonds is 4. The van der Waals surface area contributed by atoms with Gasteiger partial charge in [0.25, 0.3) is 5.91 Å². The maximum absolute atomic E-state index is 12.8. The molecule has 1 aromatic carbocycles. The minimum Gasteiger partial charge on any atom is -0.338 e. The van der Waals surface area contributed by atoms with E-state index in [0.717, 1.165) is 12.8 Å². The maximum atomic E-state index is 12.8. The van der Waals surface area contributed by atoms with E-state index in [1.165, 1.54) is 21.3 Å². The molecule has 29 heavy (non-hydrogen) atoms. The molecule has 3 heterocycles. The van der Waals surface area contributed by atoms with Crippen molar-refractivity contribution in [3.63, 3.8) is 0 Å². The largest absolute Gasteiger partial charge is 0.338 e. The highest BCUT2D eigenvalue weighted by molar-refractivity contribution is 7.89. The molecule has 0 spiro atoms. The van der Waals surface area contributed by atoms with Gasteiger partial charge in [-0.2, -0.15) is 4.31 Å². The zero-order valence-electron chi connectivity index (χ0n) is 16.0. The Labute approximate surface area is 169 Å². The van der Waals surface area contributed by atoms with Gasteiger partial charge in [0.2, 0.25) is 15.9 Å². The van der Waals surface area contributed by atoms with Crippen molar-refractivity contribution in [1.82, 2.24) is 19.4 Å². The molecule has 0 aromatic heterocycles. The van der Waals surface area contributed by atoms with Gasteiger partial charge in [-0.15, -0.1) is 0 Å². The lowest BCUT2D eigenvalue weighted by atomic mass is 10.0. The molecule has 10 heteroatoms. The first-order chi connectivity index (χ1) is 13.9. The molecular formula is C19H24N4O5S. The van der Waals surface area contributed by atoms with Crippen LogP contribution in [0.5, 0.6) is 0 Å². The number of carbonyl (C=O) groups is 3. The van der Waals surface area contributed by atoms with Gasteiger partial charge >= 0.3 is 6.03 Å². The minimum atomic E-state index is -3.50. The van der Waals surface area contributed by atoms with E-state index in [-0.39, 0.29) is 35.3 Å². The fourth-order valence-corrected chi connectivity index (χ4v) is 5.68. The third-order valence-corrected chi connectivity index (χ3v) is 7.71. The fourth-order valence-electron chi connectivity index (χ4n) is 4.16. The Morgan fingerprint density at radius 3 is 2.14 bits per heavy atom. The number of urea groups is 1. The monoisotopic (exact) mass is 420 g/mol. The summed E-state index contributed by atoms with van der Waals surface area (Å²) in [7, 11) is -3.50. The van der Waals surface area contributed by atoms with Gasteiger partial charge in [0.05, 0.1) is 11.4 Å². The van der Waals surface area contributed by atoms with Crippen molar-refractivity contribution < 1.29 is 22.8 Å². The maximum Gasteiger partial charge on any atom is 0.324 e. The van der Waals surface area contributed by atoms with Gasteiger partial charge in [0.1, 0.15) is 0 Å². The summed E-state index contributed by atoms with van der Waals surface area (Å²) in [5.74, 6) is -0.402. The number of carbonyl (C=O) groups excluding carboxylic acids is 3. The second-order valence-electron chi connectivity index (χ2n) is 7.58. The van der Waals surface area contributed by atoms with Crippen LogP contribution < -0.4 is 5.32 Å². The first kappa shape index (κ1) is 19.8. The third-order valence-electron chi connectivity index (χ3n) is 5.80. The number of nitrogens with one attached hydrogen (secondary N) is 1. The average Bonchev–Trinajstić information content (AvgIpc) is 3.38. The quantitative estimate of drug-likeness (QED) is 0.719. The van der Waals surface area contributed by atoms with Crippen LogP contribution in [0.4, 0.5) is 4.79 Å². The van der Waals surface area contributed by atoms with Crippen molar-refractivity contribution >= 4 is 27.9 Å². The molecule has 9 nitrogen and oxygen atoms in total. The van der Waals surface area contributed by atoms with Gasteiger partial charge < -0.3 is 10.2 Å². The number of hydrogen-bond donors (Lipinski definition) is 1. The van der Waals surface area contributed by atoms with Crippen LogP contribution in [0.25, 0.3) is 0 Å². The Morgan fingerprint density at radius 2 is 1.59 bits per heavy atom. The molecule has 0 saturated carbocycles. The highest BCUT2D eigenvalue weighted by Gasteiger charge is 2.37. The summed E-state index contributed by atoms with van der Waals surface area (Å²) < 4.78 is 26.7.